The Morgan fingerprint density at radius 2 is 1.52 bits per heavy atom. The van der Waals surface area contributed by atoms with Gasteiger partial charge in [0.25, 0.3) is 5.91 Å². The lowest BCUT2D eigenvalue weighted by Gasteiger charge is -2.50. The molecule has 4 amide bonds. The Bertz CT molecular complexity index is 2240. The maximum absolute atomic E-state index is 13.9. The van der Waals surface area contributed by atoms with Crippen LogP contribution in [0.15, 0.2) is 103 Å². The molecule has 0 radical (unpaired) electrons. The maximum Gasteiger partial charge on any atom is 0.408 e. The third kappa shape index (κ3) is 10.9. The minimum Gasteiger partial charge on any atom is -0.445 e. The van der Waals surface area contributed by atoms with Crippen molar-refractivity contribution in [2.45, 2.75) is 134 Å². The van der Waals surface area contributed by atoms with E-state index in [1.165, 1.54) is 17.7 Å². The summed E-state index contributed by atoms with van der Waals surface area (Å²) in [5, 5.41) is 15.6. The van der Waals surface area contributed by atoms with Gasteiger partial charge in [-0.2, -0.15) is 0 Å². The number of piperidine rings is 1. The molecule has 3 N–H and O–H groups in total. The number of rotatable bonds is 12. The van der Waals surface area contributed by atoms with Crippen LogP contribution in [0.4, 0.5) is 4.79 Å². The standard InChI is InChI=1S/C51H60N4O8/c1-51(2,3)53-47(58)44-24-23-36-14-7-8-18-43(36)54(44)30-41-27-45(37-21-19-33(31-56)20-22-37)63-49(62-41)40-17-10-16-39(26-40)38-15-9-13-35(25-38)29-55-46(57)28-42(48(55)59)52-50(60)61-32-34-11-5-4-6-12-34/h4-6,9-13,15-17,19-22,25-26,36,41-45,49,56H,7-8,14,18,23-24,27-32H2,1-3H3,(H,52,60)(H,53,58)/t36-,41-,42?,43-,44-,45+,49+/m1/s1. The van der Waals surface area contributed by atoms with Crippen LogP contribution in [0.5, 0.6) is 0 Å². The van der Waals surface area contributed by atoms with Gasteiger partial charge >= 0.3 is 6.09 Å². The summed E-state index contributed by atoms with van der Waals surface area (Å²) in [6, 6.07) is 32.0. The molecule has 332 valence electrons. The Balaban J connectivity index is 0.993. The number of imide groups is 1. The summed E-state index contributed by atoms with van der Waals surface area (Å²) in [4.78, 5) is 56.5. The van der Waals surface area contributed by atoms with Crippen molar-refractivity contribution in [2.75, 3.05) is 6.54 Å². The number of benzene rings is 4. The number of hydrogen-bond donors (Lipinski definition) is 3. The van der Waals surface area contributed by atoms with Gasteiger partial charge in [-0.1, -0.05) is 104 Å². The first kappa shape index (κ1) is 44.2. The van der Waals surface area contributed by atoms with Crippen LogP contribution in [-0.4, -0.2) is 75.0 Å². The number of alkyl carbamates (subject to hydrolysis) is 1. The molecule has 3 heterocycles. The number of carbonyl (C=O) groups is 4. The smallest absolute Gasteiger partial charge is 0.408 e. The van der Waals surface area contributed by atoms with Crippen molar-refractivity contribution in [2.24, 2.45) is 5.92 Å². The number of nitrogens with zero attached hydrogens (tertiary/aromatic N) is 2. The molecule has 4 aromatic carbocycles. The first-order chi connectivity index (χ1) is 30.4. The van der Waals surface area contributed by atoms with Crippen molar-refractivity contribution in [3.8, 4) is 11.1 Å². The summed E-state index contributed by atoms with van der Waals surface area (Å²) in [5.74, 6) is -0.200. The zero-order valence-corrected chi connectivity index (χ0v) is 36.5. The molecule has 8 rings (SSSR count). The molecule has 1 aliphatic carbocycles. The Morgan fingerprint density at radius 1 is 0.794 bits per heavy atom. The predicted octanol–water partition coefficient (Wildman–Crippen LogP) is 7.88. The second-order valence-corrected chi connectivity index (χ2v) is 18.6. The highest BCUT2D eigenvalue weighted by Crippen LogP contribution is 2.42. The van der Waals surface area contributed by atoms with Gasteiger partial charge in [-0.25, -0.2) is 4.79 Å². The SMILES string of the molecule is CC(C)(C)NC(=O)[C@H]1CC[C@H]2CCCC[C@H]2N1C[C@H]1C[C@@H](c2ccc(CO)cc2)O[C@@H](c2cccc(-c3cccc(CN4C(=O)CC(NC(=O)OCc5ccccc5)C4=O)c3)c2)O1. The van der Waals surface area contributed by atoms with Gasteiger partial charge in [-0.3, -0.25) is 24.2 Å². The first-order valence-corrected chi connectivity index (χ1v) is 22.5. The zero-order valence-electron chi connectivity index (χ0n) is 36.5. The molecular formula is C51H60N4O8. The molecule has 4 aliphatic rings. The van der Waals surface area contributed by atoms with Crippen LogP contribution >= 0.6 is 0 Å². The van der Waals surface area contributed by atoms with Gasteiger partial charge in [0.15, 0.2) is 6.29 Å². The molecule has 4 fully saturated rings. The molecule has 3 aliphatic heterocycles. The van der Waals surface area contributed by atoms with Crippen LogP contribution < -0.4 is 10.6 Å². The number of fused-ring (bicyclic) bond motifs is 1. The van der Waals surface area contributed by atoms with Gasteiger partial charge in [0.2, 0.25) is 11.8 Å². The van der Waals surface area contributed by atoms with E-state index in [1.807, 2.05) is 118 Å². The summed E-state index contributed by atoms with van der Waals surface area (Å²) in [6.45, 7) is 6.77. The number of hydrogen-bond acceptors (Lipinski definition) is 9. The number of aliphatic hydroxyl groups is 1. The number of aliphatic hydroxyl groups excluding tert-OH is 1. The molecular weight excluding hydrogens is 797 g/mol. The van der Waals surface area contributed by atoms with Crippen molar-refractivity contribution >= 4 is 23.8 Å². The van der Waals surface area contributed by atoms with E-state index >= 15 is 0 Å². The average molecular weight is 857 g/mol. The number of carbonyl (C=O) groups excluding carboxylic acids is 4. The number of nitrogens with one attached hydrogen (secondary N) is 2. The van der Waals surface area contributed by atoms with Crippen molar-refractivity contribution in [3.63, 3.8) is 0 Å². The average Bonchev–Trinajstić information content (AvgIpc) is 3.55. The summed E-state index contributed by atoms with van der Waals surface area (Å²) in [5.41, 5.74) is 5.70. The van der Waals surface area contributed by atoms with E-state index in [2.05, 4.69) is 21.6 Å². The van der Waals surface area contributed by atoms with Crippen molar-refractivity contribution in [1.82, 2.24) is 20.4 Å². The number of ether oxygens (including phenoxy) is 3. The molecule has 3 saturated heterocycles. The maximum atomic E-state index is 13.9. The predicted molar refractivity (Wildman–Crippen MR) is 237 cm³/mol. The molecule has 7 atom stereocenters. The zero-order chi connectivity index (χ0) is 44.1. The fourth-order valence-corrected chi connectivity index (χ4v) is 9.76. The van der Waals surface area contributed by atoms with Crippen LogP contribution in [-0.2, 0) is 48.4 Å². The molecule has 0 spiro atoms. The van der Waals surface area contributed by atoms with Gasteiger partial charge < -0.3 is 30.0 Å². The van der Waals surface area contributed by atoms with Crippen LogP contribution in [0.2, 0.25) is 0 Å². The monoisotopic (exact) mass is 856 g/mol. The third-order valence-corrected chi connectivity index (χ3v) is 12.8. The molecule has 0 aromatic heterocycles. The van der Waals surface area contributed by atoms with Crippen LogP contribution in [0, 0.1) is 5.92 Å². The van der Waals surface area contributed by atoms with Gasteiger partial charge in [-0.05, 0) is 97.9 Å². The Labute approximate surface area is 370 Å². The first-order valence-electron chi connectivity index (χ1n) is 22.5. The summed E-state index contributed by atoms with van der Waals surface area (Å²) < 4.78 is 19.0. The lowest BCUT2D eigenvalue weighted by Crippen LogP contribution is -2.61. The molecule has 63 heavy (non-hydrogen) atoms. The van der Waals surface area contributed by atoms with E-state index in [0.717, 1.165) is 64.6 Å². The van der Waals surface area contributed by atoms with Crippen LogP contribution in [0.25, 0.3) is 11.1 Å². The molecule has 4 aromatic rings. The molecule has 1 saturated carbocycles. The van der Waals surface area contributed by atoms with E-state index in [1.54, 1.807) is 0 Å². The summed E-state index contributed by atoms with van der Waals surface area (Å²) >= 11 is 0. The van der Waals surface area contributed by atoms with Gasteiger partial charge in [-0.15, -0.1) is 0 Å². The minimum absolute atomic E-state index is 0.0436. The molecule has 1 unspecified atom stereocenters. The van der Waals surface area contributed by atoms with Crippen molar-refractivity contribution in [3.05, 3.63) is 131 Å². The van der Waals surface area contributed by atoms with Crippen molar-refractivity contribution < 1.29 is 38.5 Å². The van der Waals surface area contributed by atoms with Gasteiger partial charge in [0.05, 0.1) is 37.8 Å². The number of likely N-dealkylation sites (tertiary alicyclic amines) is 2. The quantitative estimate of drug-likeness (QED) is 0.121. The van der Waals surface area contributed by atoms with Crippen molar-refractivity contribution in [1.29, 1.82) is 0 Å². The van der Waals surface area contributed by atoms with E-state index in [-0.39, 0.29) is 61.8 Å². The second-order valence-electron chi connectivity index (χ2n) is 18.6. The van der Waals surface area contributed by atoms with E-state index in [4.69, 9.17) is 14.2 Å². The fourth-order valence-electron chi connectivity index (χ4n) is 9.76. The van der Waals surface area contributed by atoms with Crippen LogP contribution in [0.3, 0.4) is 0 Å². The Hall–Kier alpha value is -5.40. The highest BCUT2D eigenvalue weighted by Gasteiger charge is 2.44. The highest BCUT2D eigenvalue weighted by atomic mass is 16.7. The lowest BCUT2D eigenvalue weighted by atomic mass is 9.75. The Kier molecular flexibility index (Phi) is 13.7. The summed E-state index contributed by atoms with van der Waals surface area (Å²) in [7, 11) is 0. The van der Waals surface area contributed by atoms with E-state index < -0.39 is 24.3 Å². The van der Waals surface area contributed by atoms with Crippen LogP contribution in [0.1, 0.15) is 112 Å². The minimum atomic E-state index is -0.998. The summed E-state index contributed by atoms with van der Waals surface area (Å²) in [6.07, 6.45) is 5.02. The largest absolute Gasteiger partial charge is 0.445 e. The second kappa shape index (κ2) is 19.6. The highest BCUT2D eigenvalue weighted by molar-refractivity contribution is 6.06. The molecule has 0 bridgehead atoms. The third-order valence-electron chi connectivity index (χ3n) is 12.8. The van der Waals surface area contributed by atoms with Gasteiger partial charge in [0, 0.05) is 30.1 Å². The topological polar surface area (TPSA) is 147 Å². The molecule has 12 heteroatoms. The van der Waals surface area contributed by atoms with Gasteiger partial charge in [0.1, 0.15) is 12.6 Å². The fraction of sp³-hybridized carbons (Fsp3) is 0.451. The van der Waals surface area contributed by atoms with E-state index in [0.29, 0.717) is 24.9 Å². The normalized spacial score (nSPS) is 25.3. The number of amides is 4. The van der Waals surface area contributed by atoms with E-state index in [9.17, 15) is 24.3 Å². The Morgan fingerprint density at radius 3 is 2.29 bits per heavy atom. The molecule has 12 nitrogen and oxygen atoms in total. The lowest BCUT2D eigenvalue weighted by molar-refractivity contribution is -0.255.